The molecule has 1 rings (SSSR count). The second kappa shape index (κ2) is 7.80. The first-order valence-electron chi connectivity index (χ1n) is 5.89. The van der Waals surface area contributed by atoms with Crippen LogP contribution in [0.4, 0.5) is 4.39 Å². The molecule has 0 amide bonds. The number of aliphatic hydroxyl groups is 1. The van der Waals surface area contributed by atoms with Crippen molar-refractivity contribution in [2.45, 2.75) is 26.3 Å². The molecule has 0 radical (unpaired) electrons. The van der Waals surface area contributed by atoms with Gasteiger partial charge in [0.05, 0.1) is 0 Å². The molecule has 1 unspecified atom stereocenters. The minimum Gasteiger partial charge on any atom is -0.396 e. The van der Waals surface area contributed by atoms with Crippen LogP contribution < -0.4 is 5.32 Å². The minimum atomic E-state index is -0.225. The second-order valence-corrected chi connectivity index (χ2v) is 5.20. The molecule has 17 heavy (non-hydrogen) atoms. The van der Waals surface area contributed by atoms with Crippen molar-refractivity contribution in [3.8, 4) is 0 Å². The summed E-state index contributed by atoms with van der Waals surface area (Å²) in [6.07, 6.45) is 2.06. The summed E-state index contributed by atoms with van der Waals surface area (Å²) in [5.41, 5.74) is 1.06. The van der Waals surface area contributed by atoms with Crippen LogP contribution in [0.5, 0.6) is 0 Å². The lowest BCUT2D eigenvalue weighted by molar-refractivity contribution is 0.228. The van der Waals surface area contributed by atoms with E-state index in [2.05, 4.69) is 21.2 Å². The Hall–Kier alpha value is -0.450. The predicted octanol–water partition coefficient (Wildman–Crippen LogP) is 3.09. The Morgan fingerprint density at radius 3 is 2.88 bits per heavy atom. The van der Waals surface area contributed by atoms with E-state index < -0.39 is 0 Å². The molecule has 1 aromatic rings. The Morgan fingerprint density at radius 1 is 1.47 bits per heavy atom. The monoisotopic (exact) mass is 303 g/mol. The van der Waals surface area contributed by atoms with Gasteiger partial charge >= 0.3 is 0 Å². The van der Waals surface area contributed by atoms with Gasteiger partial charge < -0.3 is 10.4 Å². The number of benzene rings is 1. The maximum Gasteiger partial charge on any atom is 0.124 e. The summed E-state index contributed by atoms with van der Waals surface area (Å²) in [6.45, 7) is 3.93. The molecule has 0 saturated carbocycles. The Labute approximate surface area is 110 Å². The number of rotatable bonds is 7. The van der Waals surface area contributed by atoms with Crippen LogP contribution in [0.2, 0.25) is 0 Å². The predicted molar refractivity (Wildman–Crippen MR) is 71.3 cm³/mol. The van der Waals surface area contributed by atoms with Gasteiger partial charge in [-0.25, -0.2) is 4.39 Å². The van der Waals surface area contributed by atoms with Gasteiger partial charge in [-0.3, -0.25) is 0 Å². The summed E-state index contributed by atoms with van der Waals surface area (Å²) >= 11 is 3.34. The molecule has 0 aliphatic carbocycles. The molecule has 0 aliphatic heterocycles. The number of halogens is 2. The molecule has 1 atom stereocenters. The molecular weight excluding hydrogens is 285 g/mol. The van der Waals surface area contributed by atoms with E-state index in [9.17, 15) is 4.39 Å². The highest BCUT2D eigenvalue weighted by atomic mass is 79.9. The fourth-order valence-electron chi connectivity index (χ4n) is 1.55. The summed E-state index contributed by atoms with van der Waals surface area (Å²) < 4.78 is 13.6. The quantitative estimate of drug-likeness (QED) is 0.759. The third-order valence-corrected chi connectivity index (χ3v) is 3.43. The molecule has 1 aromatic carbocycles. The van der Waals surface area contributed by atoms with Crippen molar-refractivity contribution >= 4 is 15.9 Å². The van der Waals surface area contributed by atoms with E-state index in [0.717, 1.165) is 36.0 Å². The smallest absolute Gasteiger partial charge is 0.124 e. The Kier molecular flexibility index (Phi) is 6.70. The molecule has 96 valence electrons. The zero-order valence-corrected chi connectivity index (χ0v) is 11.6. The maximum absolute atomic E-state index is 12.8. The van der Waals surface area contributed by atoms with Crippen molar-refractivity contribution in [1.29, 1.82) is 0 Å². The fourth-order valence-corrected chi connectivity index (χ4v) is 2.05. The molecule has 2 nitrogen and oxygen atoms in total. The maximum atomic E-state index is 12.8. The second-order valence-electron chi connectivity index (χ2n) is 4.34. The van der Waals surface area contributed by atoms with Gasteiger partial charge in [0.15, 0.2) is 0 Å². The van der Waals surface area contributed by atoms with Crippen LogP contribution in [0.25, 0.3) is 0 Å². The zero-order chi connectivity index (χ0) is 12.7. The number of nitrogens with one attached hydrogen (secondary N) is 1. The molecule has 0 heterocycles. The van der Waals surface area contributed by atoms with Gasteiger partial charge in [0.2, 0.25) is 0 Å². The lowest BCUT2D eigenvalue weighted by atomic mass is 10.1. The lowest BCUT2D eigenvalue weighted by Crippen LogP contribution is -2.16. The number of hydrogen-bond acceptors (Lipinski definition) is 2. The van der Waals surface area contributed by atoms with Crippen LogP contribution in [-0.4, -0.2) is 18.3 Å². The average Bonchev–Trinajstić information content (AvgIpc) is 2.30. The zero-order valence-electron chi connectivity index (χ0n) is 10.0. The molecule has 0 aromatic heterocycles. The topological polar surface area (TPSA) is 32.3 Å². The molecule has 2 N–H and O–H groups in total. The Balaban J connectivity index is 2.22. The molecule has 0 spiro atoms. The van der Waals surface area contributed by atoms with E-state index in [-0.39, 0.29) is 12.4 Å². The highest BCUT2D eigenvalue weighted by Gasteiger charge is 2.02. The van der Waals surface area contributed by atoms with Gasteiger partial charge in [-0.15, -0.1) is 0 Å². The van der Waals surface area contributed by atoms with Gasteiger partial charge in [0, 0.05) is 17.6 Å². The lowest BCUT2D eigenvalue weighted by Gasteiger charge is -2.09. The summed E-state index contributed by atoms with van der Waals surface area (Å²) in [5, 5.41) is 12.2. The first-order chi connectivity index (χ1) is 8.13. The Morgan fingerprint density at radius 2 is 2.24 bits per heavy atom. The van der Waals surface area contributed by atoms with Crippen molar-refractivity contribution in [2.24, 2.45) is 5.92 Å². The highest BCUT2D eigenvalue weighted by Crippen LogP contribution is 2.17. The van der Waals surface area contributed by atoms with E-state index in [1.807, 2.05) is 6.92 Å². The average molecular weight is 304 g/mol. The van der Waals surface area contributed by atoms with Crippen LogP contribution in [0.15, 0.2) is 22.7 Å². The SMILES string of the molecule is CC(CO)CCCNCc1ccc(F)cc1Br. The van der Waals surface area contributed by atoms with Gasteiger partial charge in [0.1, 0.15) is 5.82 Å². The fraction of sp³-hybridized carbons (Fsp3) is 0.538. The van der Waals surface area contributed by atoms with Crippen LogP contribution in [0.1, 0.15) is 25.3 Å². The molecule has 0 aliphatic rings. The Bertz CT molecular complexity index is 346. The first-order valence-corrected chi connectivity index (χ1v) is 6.68. The van der Waals surface area contributed by atoms with Crippen LogP contribution >= 0.6 is 15.9 Å². The standard InChI is InChI=1S/C13H19BrFNO/c1-10(9-17)3-2-6-16-8-11-4-5-12(15)7-13(11)14/h4-5,7,10,16-17H,2-3,6,8-9H2,1H3. The van der Waals surface area contributed by atoms with E-state index in [1.165, 1.54) is 12.1 Å². The van der Waals surface area contributed by atoms with Crippen molar-refractivity contribution in [2.75, 3.05) is 13.2 Å². The minimum absolute atomic E-state index is 0.225. The highest BCUT2D eigenvalue weighted by molar-refractivity contribution is 9.10. The van der Waals surface area contributed by atoms with E-state index in [1.54, 1.807) is 6.07 Å². The van der Waals surface area contributed by atoms with E-state index in [4.69, 9.17) is 5.11 Å². The van der Waals surface area contributed by atoms with Crippen molar-refractivity contribution < 1.29 is 9.50 Å². The van der Waals surface area contributed by atoms with Crippen LogP contribution in [0.3, 0.4) is 0 Å². The molecule has 0 saturated heterocycles. The molecule has 4 heteroatoms. The normalized spacial score (nSPS) is 12.7. The summed E-state index contributed by atoms with van der Waals surface area (Å²) in [5.74, 6) is 0.145. The van der Waals surface area contributed by atoms with Crippen molar-refractivity contribution in [1.82, 2.24) is 5.32 Å². The summed E-state index contributed by atoms with van der Waals surface area (Å²) in [4.78, 5) is 0. The first kappa shape index (κ1) is 14.6. The van der Waals surface area contributed by atoms with Crippen molar-refractivity contribution in [3.05, 3.63) is 34.1 Å². The van der Waals surface area contributed by atoms with Crippen LogP contribution in [-0.2, 0) is 6.54 Å². The van der Waals surface area contributed by atoms with Gasteiger partial charge in [-0.05, 0) is 43.0 Å². The van der Waals surface area contributed by atoms with Gasteiger partial charge in [-0.2, -0.15) is 0 Å². The van der Waals surface area contributed by atoms with E-state index >= 15 is 0 Å². The van der Waals surface area contributed by atoms with Crippen LogP contribution in [0, 0.1) is 11.7 Å². The summed E-state index contributed by atoms with van der Waals surface area (Å²) in [7, 11) is 0. The van der Waals surface area contributed by atoms with Gasteiger partial charge in [-0.1, -0.05) is 28.9 Å². The van der Waals surface area contributed by atoms with E-state index in [0.29, 0.717) is 5.92 Å². The number of hydrogen-bond donors (Lipinski definition) is 2. The van der Waals surface area contributed by atoms with Crippen molar-refractivity contribution in [3.63, 3.8) is 0 Å². The number of aliphatic hydroxyl groups excluding tert-OH is 1. The van der Waals surface area contributed by atoms with Gasteiger partial charge in [0.25, 0.3) is 0 Å². The molecule has 0 bridgehead atoms. The summed E-state index contributed by atoms with van der Waals surface area (Å²) in [6, 6.07) is 4.73. The molecular formula is C13H19BrFNO. The third-order valence-electron chi connectivity index (χ3n) is 2.69. The largest absolute Gasteiger partial charge is 0.396 e. The third kappa shape index (κ3) is 5.61. The molecule has 0 fully saturated rings.